The summed E-state index contributed by atoms with van der Waals surface area (Å²) in [4.78, 5) is 13.0. The van der Waals surface area contributed by atoms with Gasteiger partial charge in [-0.3, -0.25) is 9.69 Å². The van der Waals surface area contributed by atoms with Crippen molar-refractivity contribution in [3.63, 3.8) is 0 Å². The van der Waals surface area contributed by atoms with Crippen LogP contribution in [0.3, 0.4) is 0 Å². The lowest BCUT2D eigenvalue weighted by Gasteiger charge is -2.25. The van der Waals surface area contributed by atoms with E-state index in [4.69, 9.17) is 9.52 Å². The molecule has 0 amide bonds. The molecule has 1 aliphatic carbocycles. The number of hydrogen-bond donors (Lipinski definition) is 1. The van der Waals surface area contributed by atoms with Gasteiger partial charge in [-0.2, -0.15) is 0 Å². The molecule has 0 spiro atoms. The largest absolute Gasteiger partial charge is 0.480 e. The number of nitrogens with zero attached hydrogens (tertiary/aromatic N) is 1. The third-order valence-corrected chi connectivity index (χ3v) is 3.93. The molecule has 0 bridgehead atoms. The Kier molecular flexibility index (Phi) is 3.49. The van der Waals surface area contributed by atoms with Crippen LogP contribution in [0.15, 0.2) is 34.7 Å². The van der Waals surface area contributed by atoms with Gasteiger partial charge in [-0.05, 0) is 37.8 Å². The highest BCUT2D eigenvalue weighted by atomic mass is 16.4. The molecule has 0 saturated heterocycles. The summed E-state index contributed by atoms with van der Waals surface area (Å²) in [6.45, 7) is 2.92. The van der Waals surface area contributed by atoms with Gasteiger partial charge in [-0.1, -0.05) is 18.2 Å². The van der Waals surface area contributed by atoms with Crippen LogP contribution in [0.2, 0.25) is 0 Å². The van der Waals surface area contributed by atoms with Crippen molar-refractivity contribution in [3.8, 4) is 0 Å². The minimum Gasteiger partial charge on any atom is -0.480 e. The lowest BCUT2D eigenvalue weighted by Crippen LogP contribution is -2.33. The number of carboxylic acid groups (broad SMARTS) is 1. The molecule has 1 aliphatic rings. The van der Waals surface area contributed by atoms with Crippen molar-refractivity contribution in [2.75, 3.05) is 13.1 Å². The van der Waals surface area contributed by atoms with E-state index >= 15 is 0 Å². The van der Waals surface area contributed by atoms with Gasteiger partial charge in [-0.25, -0.2) is 0 Å². The summed E-state index contributed by atoms with van der Waals surface area (Å²) < 4.78 is 5.86. The van der Waals surface area contributed by atoms with E-state index in [-0.39, 0.29) is 12.6 Å². The summed E-state index contributed by atoms with van der Waals surface area (Å²) in [5, 5.41) is 10.1. The van der Waals surface area contributed by atoms with Gasteiger partial charge in [0.2, 0.25) is 0 Å². The normalized spacial score (nSPS) is 16.7. The topological polar surface area (TPSA) is 53.7 Å². The zero-order valence-electron chi connectivity index (χ0n) is 11.6. The number of benzene rings is 1. The van der Waals surface area contributed by atoms with Crippen LogP contribution in [-0.4, -0.2) is 29.1 Å². The molecule has 1 N–H and O–H groups in total. The number of para-hydroxylation sites is 1. The van der Waals surface area contributed by atoms with Gasteiger partial charge in [0.15, 0.2) is 0 Å². The first kappa shape index (κ1) is 13.2. The molecule has 2 aromatic rings. The molecule has 4 heteroatoms. The van der Waals surface area contributed by atoms with Crippen molar-refractivity contribution in [1.29, 1.82) is 0 Å². The summed E-state index contributed by atoms with van der Waals surface area (Å²) in [6, 6.07) is 9.87. The Hall–Kier alpha value is -1.81. The van der Waals surface area contributed by atoms with Crippen LogP contribution in [0.1, 0.15) is 31.6 Å². The van der Waals surface area contributed by atoms with E-state index in [1.807, 2.05) is 42.2 Å². The fourth-order valence-electron chi connectivity index (χ4n) is 2.55. The third kappa shape index (κ3) is 2.85. The molecule has 1 aromatic heterocycles. The Balaban J connectivity index is 1.82. The molecule has 0 aliphatic heterocycles. The average molecular weight is 273 g/mol. The molecule has 3 rings (SSSR count). The van der Waals surface area contributed by atoms with Gasteiger partial charge in [-0.15, -0.1) is 0 Å². The molecule has 1 unspecified atom stereocenters. The highest BCUT2D eigenvalue weighted by molar-refractivity contribution is 5.77. The second-order valence-corrected chi connectivity index (χ2v) is 5.63. The van der Waals surface area contributed by atoms with Crippen LogP contribution < -0.4 is 0 Å². The molecule has 20 heavy (non-hydrogen) atoms. The molecule has 1 heterocycles. The maximum absolute atomic E-state index is 11.0. The van der Waals surface area contributed by atoms with E-state index in [9.17, 15) is 4.79 Å². The van der Waals surface area contributed by atoms with Gasteiger partial charge < -0.3 is 9.52 Å². The van der Waals surface area contributed by atoms with Crippen molar-refractivity contribution < 1.29 is 14.3 Å². The summed E-state index contributed by atoms with van der Waals surface area (Å²) >= 11 is 0. The maximum atomic E-state index is 11.0. The molecule has 1 saturated carbocycles. The van der Waals surface area contributed by atoms with Crippen molar-refractivity contribution in [2.45, 2.75) is 25.8 Å². The Bertz CT molecular complexity index is 582. The summed E-state index contributed by atoms with van der Waals surface area (Å²) in [6.07, 6.45) is 2.42. The minimum atomic E-state index is -0.784. The number of hydrogen-bond acceptors (Lipinski definition) is 3. The molecule has 4 nitrogen and oxygen atoms in total. The monoisotopic (exact) mass is 273 g/mol. The standard InChI is InChI=1S/C16H19NO3/c1-11(17(10-16(18)19)9-12-6-7-12)15-8-13-4-2-3-5-14(13)20-15/h2-5,8,11-12H,6-7,9-10H2,1H3,(H,18,19). The van der Waals surface area contributed by atoms with Crippen molar-refractivity contribution in [2.24, 2.45) is 5.92 Å². The van der Waals surface area contributed by atoms with Crippen LogP contribution in [0.25, 0.3) is 11.0 Å². The van der Waals surface area contributed by atoms with Crippen LogP contribution in [0, 0.1) is 5.92 Å². The summed E-state index contributed by atoms with van der Waals surface area (Å²) in [7, 11) is 0. The van der Waals surface area contributed by atoms with E-state index in [1.165, 1.54) is 12.8 Å². The van der Waals surface area contributed by atoms with E-state index in [2.05, 4.69) is 0 Å². The lowest BCUT2D eigenvalue weighted by molar-refractivity contribution is -0.139. The SMILES string of the molecule is CC(c1cc2ccccc2o1)N(CC(=O)O)CC1CC1. The fraction of sp³-hybridized carbons (Fsp3) is 0.438. The highest BCUT2D eigenvalue weighted by Gasteiger charge is 2.29. The smallest absolute Gasteiger partial charge is 0.317 e. The first-order valence-electron chi connectivity index (χ1n) is 7.08. The van der Waals surface area contributed by atoms with Gasteiger partial charge >= 0.3 is 5.97 Å². The predicted molar refractivity (Wildman–Crippen MR) is 76.6 cm³/mol. The molecule has 106 valence electrons. The number of carboxylic acids is 1. The maximum Gasteiger partial charge on any atom is 0.317 e. The zero-order valence-corrected chi connectivity index (χ0v) is 11.6. The van der Waals surface area contributed by atoms with Gasteiger partial charge in [0.05, 0.1) is 12.6 Å². The Labute approximate surface area is 118 Å². The van der Waals surface area contributed by atoms with Gasteiger partial charge in [0.25, 0.3) is 0 Å². The van der Waals surface area contributed by atoms with E-state index < -0.39 is 5.97 Å². The van der Waals surface area contributed by atoms with Gasteiger partial charge in [0.1, 0.15) is 11.3 Å². The van der Waals surface area contributed by atoms with Crippen LogP contribution >= 0.6 is 0 Å². The lowest BCUT2D eigenvalue weighted by atomic mass is 10.1. The molecule has 1 atom stereocenters. The first-order chi connectivity index (χ1) is 9.63. The number of aliphatic carboxylic acids is 1. The van der Waals surface area contributed by atoms with E-state index in [0.29, 0.717) is 5.92 Å². The second-order valence-electron chi connectivity index (χ2n) is 5.63. The number of carbonyl (C=O) groups is 1. The molecule has 0 radical (unpaired) electrons. The predicted octanol–water partition coefficient (Wildman–Crippen LogP) is 3.29. The van der Waals surface area contributed by atoms with E-state index in [1.54, 1.807) is 0 Å². The minimum absolute atomic E-state index is 0.0147. The second kappa shape index (κ2) is 5.29. The third-order valence-electron chi connectivity index (χ3n) is 3.93. The van der Waals surface area contributed by atoms with Crippen LogP contribution in [-0.2, 0) is 4.79 Å². The zero-order chi connectivity index (χ0) is 14.1. The van der Waals surface area contributed by atoms with Crippen LogP contribution in [0.4, 0.5) is 0 Å². The van der Waals surface area contributed by atoms with E-state index in [0.717, 1.165) is 23.3 Å². The Morgan fingerprint density at radius 3 is 2.85 bits per heavy atom. The molecule has 1 aromatic carbocycles. The average Bonchev–Trinajstić information content (AvgIpc) is 3.12. The number of rotatable bonds is 6. The Morgan fingerprint density at radius 2 is 2.20 bits per heavy atom. The quantitative estimate of drug-likeness (QED) is 0.877. The highest BCUT2D eigenvalue weighted by Crippen LogP contribution is 2.34. The number of furan rings is 1. The first-order valence-corrected chi connectivity index (χ1v) is 7.08. The van der Waals surface area contributed by atoms with Crippen molar-refractivity contribution in [1.82, 2.24) is 4.90 Å². The van der Waals surface area contributed by atoms with Crippen molar-refractivity contribution >= 4 is 16.9 Å². The summed E-state index contributed by atoms with van der Waals surface area (Å²) in [5.74, 6) is 0.711. The summed E-state index contributed by atoms with van der Waals surface area (Å²) in [5.41, 5.74) is 0.857. The number of fused-ring (bicyclic) bond motifs is 1. The van der Waals surface area contributed by atoms with Gasteiger partial charge in [0, 0.05) is 11.9 Å². The molecular formula is C16H19NO3. The fourth-order valence-corrected chi connectivity index (χ4v) is 2.55. The Morgan fingerprint density at radius 1 is 1.45 bits per heavy atom. The van der Waals surface area contributed by atoms with Crippen LogP contribution in [0.5, 0.6) is 0 Å². The molecule has 1 fully saturated rings. The molecular weight excluding hydrogens is 254 g/mol. The van der Waals surface area contributed by atoms with Crippen molar-refractivity contribution in [3.05, 3.63) is 36.1 Å².